The van der Waals surface area contributed by atoms with Gasteiger partial charge in [0.2, 0.25) is 12.7 Å². The number of aliphatic hydroxyl groups is 1. The number of ether oxygens (including phenoxy) is 2. The minimum absolute atomic E-state index is 0.132. The van der Waals surface area contributed by atoms with Gasteiger partial charge in [0.15, 0.2) is 0 Å². The van der Waals surface area contributed by atoms with E-state index < -0.39 is 36.2 Å². The molecule has 0 radical (unpaired) electrons. The van der Waals surface area contributed by atoms with Crippen LogP contribution in [0.5, 0.6) is 0 Å². The first-order valence-electron chi connectivity index (χ1n) is 10.2. The average molecular weight is 481 g/mol. The molecule has 0 saturated carbocycles. The smallest absolute Gasteiger partial charge is 0.358 e. The molecule has 1 fully saturated rings. The number of carbonyl (C=O) groups excluding carboxylic acids is 3. The van der Waals surface area contributed by atoms with Crippen LogP contribution in [0.15, 0.2) is 17.8 Å². The van der Waals surface area contributed by atoms with E-state index in [2.05, 4.69) is 0 Å². The standard InChI is InChI=1S/C22H28N2O6S2/c1-11(25)16-13-9-12(14-7-8-15(32-14)19(31)23(5)6)17(24(13)18(16)26)20(27)29-10-30-21(28)22(2,3)4/h7-8,11,13,16,25H,9-10H2,1-6H3/t11-,13?,16?/m1/s1. The molecule has 3 heterocycles. The molecule has 1 saturated heterocycles. The summed E-state index contributed by atoms with van der Waals surface area (Å²) in [5.74, 6) is -2.14. The second kappa shape index (κ2) is 8.92. The van der Waals surface area contributed by atoms with Gasteiger partial charge in [0.1, 0.15) is 10.7 Å². The molecule has 0 bridgehead atoms. The monoisotopic (exact) mass is 480 g/mol. The van der Waals surface area contributed by atoms with Crippen molar-refractivity contribution in [3.8, 4) is 0 Å². The first-order valence-corrected chi connectivity index (χ1v) is 11.5. The van der Waals surface area contributed by atoms with Crippen LogP contribution in [0, 0.1) is 11.3 Å². The molecule has 3 atom stereocenters. The molecule has 0 aromatic carbocycles. The molecule has 174 valence electrons. The second-order valence-electron chi connectivity index (χ2n) is 9.17. The summed E-state index contributed by atoms with van der Waals surface area (Å²) < 4.78 is 10.2. The molecule has 3 rings (SSSR count). The van der Waals surface area contributed by atoms with Gasteiger partial charge in [0, 0.05) is 24.5 Å². The van der Waals surface area contributed by atoms with Gasteiger partial charge in [-0.3, -0.25) is 9.59 Å². The number of rotatable bonds is 6. The van der Waals surface area contributed by atoms with Crippen LogP contribution in [0.4, 0.5) is 0 Å². The van der Waals surface area contributed by atoms with E-state index in [1.807, 2.05) is 31.1 Å². The van der Waals surface area contributed by atoms with Gasteiger partial charge in [-0.1, -0.05) is 12.2 Å². The highest BCUT2D eigenvalue weighted by Crippen LogP contribution is 2.48. The van der Waals surface area contributed by atoms with Crippen LogP contribution in [-0.2, 0) is 23.9 Å². The molecule has 2 unspecified atom stereocenters. The molecule has 10 heteroatoms. The van der Waals surface area contributed by atoms with Crippen molar-refractivity contribution in [2.75, 3.05) is 20.9 Å². The molecule has 1 N–H and O–H groups in total. The highest BCUT2D eigenvalue weighted by Gasteiger charge is 2.57. The van der Waals surface area contributed by atoms with E-state index in [0.717, 1.165) is 9.75 Å². The molecular formula is C22H28N2O6S2. The Kier molecular flexibility index (Phi) is 6.78. The largest absolute Gasteiger partial charge is 0.427 e. The van der Waals surface area contributed by atoms with Gasteiger partial charge in [-0.2, -0.15) is 0 Å². The van der Waals surface area contributed by atoms with E-state index in [1.165, 1.54) is 16.2 Å². The number of esters is 2. The number of β-lactam (4-membered cyclic amide) rings is 1. The van der Waals surface area contributed by atoms with E-state index >= 15 is 0 Å². The molecule has 32 heavy (non-hydrogen) atoms. The summed E-state index contributed by atoms with van der Waals surface area (Å²) in [6.07, 6.45) is -0.407. The van der Waals surface area contributed by atoms with Crippen LogP contribution < -0.4 is 0 Å². The zero-order chi connectivity index (χ0) is 24.0. The molecular weight excluding hydrogens is 452 g/mol. The quantitative estimate of drug-likeness (QED) is 0.287. The van der Waals surface area contributed by atoms with E-state index in [9.17, 15) is 19.5 Å². The summed E-state index contributed by atoms with van der Waals surface area (Å²) in [7, 11) is 3.71. The summed E-state index contributed by atoms with van der Waals surface area (Å²) in [4.78, 5) is 43.2. The van der Waals surface area contributed by atoms with Crippen molar-refractivity contribution in [1.82, 2.24) is 9.80 Å². The summed E-state index contributed by atoms with van der Waals surface area (Å²) in [6.45, 7) is 6.11. The van der Waals surface area contributed by atoms with Gasteiger partial charge in [0.05, 0.1) is 28.4 Å². The normalized spacial score (nSPS) is 21.1. The third kappa shape index (κ3) is 4.44. The Balaban J connectivity index is 1.87. The number of nitrogens with zero attached hydrogens (tertiary/aromatic N) is 2. The molecule has 1 aromatic heterocycles. The van der Waals surface area contributed by atoms with Crippen LogP contribution in [0.25, 0.3) is 5.57 Å². The highest BCUT2D eigenvalue weighted by molar-refractivity contribution is 7.81. The first-order chi connectivity index (χ1) is 14.8. The Bertz CT molecular complexity index is 989. The number of hydrogen-bond acceptors (Lipinski definition) is 8. The van der Waals surface area contributed by atoms with Crippen LogP contribution in [0.2, 0.25) is 0 Å². The highest BCUT2D eigenvalue weighted by atomic mass is 32.1. The van der Waals surface area contributed by atoms with Crippen molar-refractivity contribution in [3.63, 3.8) is 0 Å². The maximum atomic E-state index is 13.0. The summed E-state index contributed by atoms with van der Waals surface area (Å²) in [5.41, 5.74) is 0.0650. The van der Waals surface area contributed by atoms with Gasteiger partial charge in [-0.25, -0.2) is 4.79 Å². The minimum atomic E-state index is -0.826. The van der Waals surface area contributed by atoms with Gasteiger partial charge in [0.25, 0.3) is 0 Å². The van der Waals surface area contributed by atoms with Crippen molar-refractivity contribution in [2.45, 2.75) is 46.3 Å². The SMILES string of the molecule is C[C@@H](O)C1C(=O)N2C(C(=O)OCOC(=O)C(C)(C)C)=C(c3ccc(C(=S)N(C)C)s3)CC12. The Hall–Kier alpha value is -2.30. The van der Waals surface area contributed by atoms with E-state index in [4.69, 9.17) is 21.7 Å². The fraction of sp³-hybridized carbons (Fsp3) is 0.545. The van der Waals surface area contributed by atoms with Crippen LogP contribution in [-0.4, -0.2) is 70.8 Å². The molecule has 1 amide bonds. The topological polar surface area (TPSA) is 96.4 Å². The lowest BCUT2D eigenvalue weighted by molar-refractivity contribution is -0.175. The number of thiophene rings is 1. The van der Waals surface area contributed by atoms with Gasteiger partial charge < -0.3 is 24.4 Å². The number of aliphatic hydroxyl groups excluding tert-OH is 1. The van der Waals surface area contributed by atoms with Crippen molar-refractivity contribution >= 4 is 52.0 Å². The van der Waals surface area contributed by atoms with Crippen LogP contribution in [0.3, 0.4) is 0 Å². The lowest BCUT2D eigenvalue weighted by atomic mass is 9.83. The molecule has 1 aromatic rings. The predicted octanol–water partition coefficient (Wildman–Crippen LogP) is 2.40. The second-order valence-corrected chi connectivity index (χ2v) is 10.6. The van der Waals surface area contributed by atoms with Gasteiger partial charge in [-0.15, -0.1) is 11.3 Å². The Morgan fingerprint density at radius 3 is 2.53 bits per heavy atom. The minimum Gasteiger partial charge on any atom is -0.427 e. The van der Waals surface area contributed by atoms with Gasteiger partial charge >= 0.3 is 11.9 Å². The number of hydrogen-bond donors (Lipinski definition) is 1. The third-order valence-corrected chi connectivity index (χ3v) is 7.30. The van der Waals surface area contributed by atoms with Gasteiger partial charge in [-0.05, 0) is 46.2 Å². The van der Waals surface area contributed by atoms with E-state index in [0.29, 0.717) is 17.0 Å². The summed E-state index contributed by atoms with van der Waals surface area (Å²) >= 11 is 6.87. The molecule has 0 aliphatic carbocycles. The first kappa shape index (κ1) is 24.3. The fourth-order valence-electron chi connectivity index (χ4n) is 3.74. The zero-order valence-corrected chi connectivity index (χ0v) is 20.6. The van der Waals surface area contributed by atoms with Crippen molar-refractivity contribution in [1.29, 1.82) is 0 Å². The number of thiocarbonyl (C=S) groups is 1. The Labute approximate surface area is 196 Å². The summed E-state index contributed by atoms with van der Waals surface area (Å²) in [6, 6.07) is 3.43. The molecule has 2 aliphatic rings. The molecule has 2 aliphatic heterocycles. The number of fused-ring (bicyclic) bond motifs is 1. The zero-order valence-electron chi connectivity index (χ0n) is 19.0. The maximum Gasteiger partial charge on any atom is 0.358 e. The van der Waals surface area contributed by atoms with E-state index in [1.54, 1.807) is 27.7 Å². The average Bonchev–Trinajstić information content (AvgIpc) is 3.28. The van der Waals surface area contributed by atoms with Crippen LogP contribution >= 0.6 is 23.6 Å². The van der Waals surface area contributed by atoms with E-state index in [-0.39, 0.29) is 17.6 Å². The fourth-order valence-corrected chi connectivity index (χ4v) is 5.01. The number of amides is 1. The Morgan fingerprint density at radius 1 is 1.31 bits per heavy atom. The van der Waals surface area contributed by atoms with Crippen molar-refractivity contribution in [2.24, 2.45) is 11.3 Å². The maximum absolute atomic E-state index is 13.0. The number of carbonyl (C=O) groups is 3. The lowest BCUT2D eigenvalue weighted by Gasteiger charge is -2.44. The van der Waals surface area contributed by atoms with Crippen LogP contribution in [0.1, 0.15) is 43.9 Å². The van der Waals surface area contributed by atoms with Crippen molar-refractivity contribution < 1.29 is 29.0 Å². The molecule has 0 spiro atoms. The van der Waals surface area contributed by atoms with Crippen molar-refractivity contribution in [3.05, 3.63) is 27.6 Å². The molecule has 8 nitrogen and oxygen atoms in total. The Morgan fingerprint density at radius 2 is 1.97 bits per heavy atom. The third-order valence-electron chi connectivity index (χ3n) is 5.43. The lowest BCUT2D eigenvalue weighted by Crippen LogP contribution is -2.61. The summed E-state index contributed by atoms with van der Waals surface area (Å²) in [5, 5.41) is 10.0. The predicted molar refractivity (Wildman–Crippen MR) is 124 cm³/mol.